The number of hydrogen-bond donors (Lipinski definition) is 0. The molecule has 2 heterocycles. The van der Waals surface area contributed by atoms with Gasteiger partial charge in [0.2, 0.25) is 11.8 Å². The molecule has 4 aromatic rings. The van der Waals surface area contributed by atoms with Crippen molar-refractivity contribution in [2.75, 3.05) is 7.05 Å². The molecular formula is C22H23N3O2. The van der Waals surface area contributed by atoms with Crippen LogP contribution in [-0.4, -0.2) is 22.1 Å². The van der Waals surface area contributed by atoms with E-state index in [1.165, 1.54) is 16.5 Å². The summed E-state index contributed by atoms with van der Waals surface area (Å²) < 4.78 is 11.8. The molecule has 0 unspecified atom stereocenters. The molecule has 27 heavy (non-hydrogen) atoms. The molecule has 0 amide bonds. The fraction of sp³-hybridized carbons (Fsp3) is 0.273. The summed E-state index contributed by atoms with van der Waals surface area (Å²) in [5.74, 6) is 2.20. The lowest BCUT2D eigenvalue weighted by Gasteiger charge is -2.14. The van der Waals surface area contributed by atoms with Crippen molar-refractivity contribution in [3.05, 3.63) is 71.3 Å². The molecule has 5 nitrogen and oxygen atoms in total. The Morgan fingerprint density at radius 1 is 0.926 bits per heavy atom. The summed E-state index contributed by atoms with van der Waals surface area (Å²) in [5.41, 5.74) is 4.32. The molecule has 0 saturated heterocycles. The SMILES string of the molecule is CCc1oc2ccccc2c1CN(C)Cc1nnc(-c2ccc(C)cc2)o1. The maximum Gasteiger partial charge on any atom is 0.247 e. The fourth-order valence-corrected chi connectivity index (χ4v) is 3.30. The van der Waals surface area contributed by atoms with Gasteiger partial charge in [-0.15, -0.1) is 10.2 Å². The second-order valence-corrected chi connectivity index (χ2v) is 6.89. The van der Waals surface area contributed by atoms with E-state index < -0.39 is 0 Å². The molecule has 0 aliphatic heterocycles. The third-order valence-electron chi connectivity index (χ3n) is 4.70. The van der Waals surface area contributed by atoms with Crippen LogP contribution in [0.1, 0.15) is 29.7 Å². The monoisotopic (exact) mass is 361 g/mol. The van der Waals surface area contributed by atoms with Crippen LogP contribution < -0.4 is 0 Å². The molecule has 2 aromatic heterocycles. The Hall–Kier alpha value is -2.92. The lowest BCUT2D eigenvalue weighted by molar-refractivity contribution is 0.281. The van der Waals surface area contributed by atoms with E-state index in [0.717, 1.165) is 29.9 Å². The zero-order valence-electron chi connectivity index (χ0n) is 15.9. The highest BCUT2D eigenvalue weighted by molar-refractivity contribution is 5.82. The van der Waals surface area contributed by atoms with Gasteiger partial charge < -0.3 is 8.83 Å². The standard InChI is InChI=1S/C22H23N3O2/c1-4-19-18(17-7-5-6-8-20(17)26-19)13-25(3)14-21-23-24-22(27-21)16-11-9-15(2)10-12-16/h5-12H,4,13-14H2,1-3H3. The van der Waals surface area contributed by atoms with Gasteiger partial charge in [0.15, 0.2) is 0 Å². The second-order valence-electron chi connectivity index (χ2n) is 6.89. The van der Waals surface area contributed by atoms with Crippen molar-refractivity contribution in [1.29, 1.82) is 0 Å². The van der Waals surface area contributed by atoms with E-state index in [1.807, 2.05) is 42.5 Å². The van der Waals surface area contributed by atoms with Gasteiger partial charge in [-0.2, -0.15) is 0 Å². The molecule has 0 aliphatic rings. The zero-order valence-corrected chi connectivity index (χ0v) is 15.9. The maximum absolute atomic E-state index is 5.99. The van der Waals surface area contributed by atoms with E-state index in [-0.39, 0.29) is 0 Å². The van der Waals surface area contributed by atoms with Crippen LogP contribution in [0.2, 0.25) is 0 Å². The molecule has 138 valence electrons. The number of nitrogens with zero attached hydrogens (tertiary/aromatic N) is 3. The van der Waals surface area contributed by atoms with Gasteiger partial charge >= 0.3 is 0 Å². The number of benzene rings is 2. The molecule has 0 spiro atoms. The number of fused-ring (bicyclic) bond motifs is 1. The quantitative estimate of drug-likeness (QED) is 0.484. The second kappa shape index (κ2) is 7.37. The first-order valence-corrected chi connectivity index (χ1v) is 9.21. The highest BCUT2D eigenvalue weighted by Gasteiger charge is 2.16. The van der Waals surface area contributed by atoms with Gasteiger partial charge in [0, 0.05) is 29.5 Å². The van der Waals surface area contributed by atoms with Crippen LogP contribution >= 0.6 is 0 Å². The predicted octanol–water partition coefficient (Wildman–Crippen LogP) is 4.99. The molecule has 2 aromatic carbocycles. The first-order chi connectivity index (χ1) is 13.1. The first kappa shape index (κ1) is 17.5. The Balaban J connectivity index is 1.50. The number of aryl methyl sites for hydroxylation is 2. The van der Waals surface area contributed by atoms with E-state index in [0.29, 0.717) is 18.3 Å². The Morgan fingerprint density at radius 2 is 1.70 bits per heavy atom. The van der Waals surface area contributed by atoms with E-state index in [4.69, 9.17) is 8.83 Å². The largest absolute Gasteiger partial charge is 0.461 e. The molecule has 5 heteroatoms. The average Bonchev–Trinajstić information content (AvgIpc) is 3.27. The van der Waals surface area contributed by atoms with E-state index >= 15 is 0 Å². The lowest BCUT2D eigenvalue weighted by Crippen LogP contribution is -2.18. The maximum atomic E-state index is 5.99. The van der Waals surface area contributed by atoms with E-state index in [1.54, 1.807) is 0 Å². The summed E-state index contributed by atoms with van der Waals surface area (Å²) in [6.45, 7) is 5.53. The number of furan rings is 1. The molecule has 0 atom stereocenters. The summed E-state index contributed by atoms with van der Waals surface area (Å²) >= 11 is 0. The molecule has 0 bridgehead atoms. The van der Waals surface area contributed by atoms with Crippen LogP contribution in [0.15, 0.2) is 57.4 Å². The third-order valence-corrected chi connectivity index (χ3v) is 4.70. The van der Waals surface area contributed by atoms with Crippen molar-refractivity contribution in [2.24, 2.45) is 0 Å². The van der Waals surface area contributed by atoms with Crippen LogP contribution in [-0.2, 0) is 19.5 Å². The van der Waals surface area contributed by atoms with Crippen molar-refractivity contribution in [1.82, 2.24) is 15.1 Å². The van der Waals surface area contributed by atoms with Gasteiger partial charge in [-0.1, -0.05) is 42.8 Å². The average molecular weight is 361 g/mol. The van der Waals surface area contributed by atoms with Crippen molar-refractivity contribution < 1.29 is 8.83 Å². The van der Waals surface area contributed by atoms with Crippen LogP contribution in [0.25, 0.3) is 22.4 Å². The van der Waals surface area contributed by atoms with Crippen LogP contribution in [0.5, 0.6) is 0 Å². The van der Waals surface area contributed by atoms with Gasteiger partial charge in [0.25, 0.3) is 0 Å². The lowest BCUT2D eigenvalue weighted by atomic mass is 10.1. The number of hydrogen-bond acceptors (Lipinski definition) is 5. The van der Waals surface area contributed by atoms with E-state index in [9.17, 15) is 0 Å². The minimum atomic E-state index is 0.557. The number of para-hydroxylation sites is 1. The van der Waals surface area contributed by atoms with Gasteiger partial charge in [0.1, 0.15) is 11.3 Å². The Bertz CT molecular complexity index is 1050. The molecule has 4 rings (SSSR count). The summed E-state index contributed by atoms with van der Waals surface area (Å²) in [7, 11) is 2.05. The number of rotatable bonds is 6. The van der Waals surface area contributed by atoms with Crippen molar-refractivity contribution in [2.45, 2.75) is 33.4 Å². The topological polar surface area (TPSA) is 55.3 Å². The molecular weight excluding hydrogens is 338 g/mol. The van der Waals surface area contributed by atoms with E-state index in [2.05, 4.69) is 42.1 Å². The molecule has 0 saturated carbocycles. The fourth-order valence-electron chi connectivity index (χ4n) is 3.30. The van der Waals surface area contributed by atoms with Crippen molar-refractivity contribution in [3.8, 4) is 11.5 Å². The van der Waals surface area contributed by atoms with Gasteiger partial charge in [-0.25, -0.2) is 0 Å². The highest BCUT2D eigenvalue weighted by Crippen LogP contribution is 2.27. The Labute approximate surface area is 158 Å². The highest BCUT2D eigenvalue weighted by atomic mass is 16.4. The van der Waals surface area contributed by atoms with Gasteiger partial charge in [-0.3, -0.25) is 4.90 Å². The summed E-state index contributed by atoms with van der Waals surface area (Å²) in [6, 6.07) is 16.3. The molecule has 0 aliphatic carbocycles. The van der Waals surface area contributed by atoms with Crippen LogP contribution in [0.3, 0.4) is 0 Å². The summed E-state index contributed by atoms with van der Waals surface area (Å²) in [6.07, 6.45) is 0.871. The predicted molar refractivity (Wildman–Crippen MR) is 105 cm³/mol. The summed E-state index contributed by atoms with van der Waals surface area (Å²) in [4.78, 5) is 2.17. The summed E-state index contributed by atoms with van der Waals surface area (Å²) in [5, 5.41) is 9.57. The third kappa shape index (κ3) is 3.64. The first-order valence-electron chi connectivity index (χ1n) is 9.21. The van der Waals surface area contributed by atoms with Crippen LogP contribution in [0, 0.1) is 6.92 Å². The number of aromatic nitrogens is 2. The smallest absolute Gasteiger partial charge is 0.247 e. The minimum absolute atomic E-state index is 0.557. The molecule has 0 radical (unpaired) electrons. The van der Waals surface area contributed by atoms with Crippen LogP contribution in [0.4, 0.5) is 0 Å². The van der Waals surface area contributed by atoms with Crippen molar-refractivity contribution >= 4 is 11.0 Å². The minimum Gasteiger partial charge on any atom is -0.461 e. The zero-order chi connectivity index (χ0) is 18.8. The Kier molecular flexibility index (Phi) is 4.77. The normalized spacial score (nSPS) is 11.6. The van der Waals surface area contributed by atoms with Gasteiger partial charge in [-0.05, 0) is 32.2 Å². The van der Waals surface area contributed by atoms with Gasteiger partial charge in [0.05, 0.1) is 6.54 Å². The molecule has 0 fully saturated rings. The Morgan fingerprint density at radius 3 is 2.48 bits per heavy atom. The van der Waals surface area contributed by atoms with Crippen molar-refractivity contribution in [3.63, 3.8) is 0 Å². The molecule has 0 N–H and O–H groups in total.